The summed E-state index contributed by atoms with van der Waals surface area (Å²) in [5.41, 5.74) is 3.82. The minimum absolute atomic E-state index is 0.0906. The van der Waals surface area contributed by atoms with Gasteiger partial charge in [-0.2, -0.15) is 0 Å². The molecule has 0 unspecified atom stereocenters. The predicted molar refractivity (Wildman–Crippen MR) is 103 cm³/mol. The normalized spacial score (nSPS) is 11.9. The van der Waals surface area contributed by atoms with E-state index in [4.69, 9.17) is 4.74 Å². The number of ether oxygens (including phenoxy) is 1. The molecule has 1 amide bonds. The van der Waals surface area contributed by atoms with E-state index in [1.165, 1.54) is 5.56 Å². The zero-order valence-corrected chi connectivity index (χ0v) is 15.9. The van der Waals surface area contributed by atoms with E-state index in [9.17, 15) is 9.59 Å². The molecule has 4 heteroatoms. The van der Waals surface area contributed by atoms with Gasteiger partial charge in [0.05, 0.1) is 11.6 Å². The number of esters is 1. The molecule has 0 aromatic heterocycles. The van der Waals surface area contributed by atoms with Crippen molar-refractivity contribution < 1.29 is 14.3 Å². The summed E-state index contributed by atoms with van der Waals surface area (Å²) in [6.45, 7) is 7.93. The molecular weight excluding hydrogens is 326 g/mol. The van der Waals surface area contributed by atoms with Gasteiger partial charge in [-0.1, -0.05) is 62.7 Å². The maximum atomic E-state index is 12.1. The molecule has 0 bridgehead atoms. The summed E-state index contributed by atoms with van der Waals surface area (Å²) < 4.78 is 5.14. The quantitative estimate of drug-likeness (QED) is 0.743. The molecular formula is C22H27NO3. The molecule has 0 aliphatic rings. The van der Waals surface area contributed by atoms with E-state index >= 15 is 0 Å². The van der Waals surface area contributed by atoms with Crippen molar-refractivity contribution >= 4 is 11.9 Å². The largest absolute Gasteiger partial charge is 0.452 e. The van der Waals surface area contributed by atoms with Gasteiger partial charge in [0.15, 0.2) is 6.61 Å². The van der Waals surface area contributed by atoms with E-state index in [-0.39, 0.29) is 18.6 Å². The third-order valence-corrected chi connectivity index (χ3v) is 4.37. The molecule has 1 N–H and O–H groups in total. The van der Waals surface area contributed by atoms with Crippen molar-refractivity contribution in [2.24, 2.45) is 0 Å². The predicted octanol–water partition coefficient (Wildman–Crippen LogP) is 4.54. The minimum atomic E-state index is -0.487. The van der Waals surface area contributed by atoms with Gasteiger partial charge in [0.25, 0.3) is 5.91 Å². The number of hydrogen-bond donors (Lipinski definition) is 1. The Labute approximate surface area is 155 Å². The lowest BCUT2D eigenvalue weighted by molar-refractivity contribution is -0.125. The van der Waals surface area contributed by atoms with E-state index in [0.717, 1.165) is 17.5 Å². The number of carbonyl (C=O) groups excluding carboxylic acids is 2. The van der Waals surface area contributed by atoms with Gasteiger partial charge in [0, 0.05) is 0 Å². The molecule has 0 spiro atoms. The summed E-state index contributed by atoms with van der Waals surface area (Å²) in [5, 5.41) is 2.92. The monoisotopic (exact) mass is 353 g/mol. The highest BCUT2D eigenvalue weighted by atomic mass is 16.5. The second kappa shape index (κ2) is 9.18. The standard InChI is InChI=1S/C22H27NO3/c1-5-20(18-8-6-16(4)7-9-18)23-21(24)14-26-22(25)19-12-10-17(11-13-19)15(2)3/h6-13,15,20H,5,14H2,1-4H3,(H,23,24)/t20-/m1/s1. The van der Waals surface area contributed by atoms with Crippen LogP contribution in [0.2, 0.25) is 0 Å². The van der Waals surface area contributed by atoms with Crippen molar-refractivity contribution in [2.45, 2.75) is 46.1 Å². The molecule has 138 valence electrons. The summed E-state index contributed by atoms with van der Waals surface area (Å²) >= 11 is 0. The molecule has 0 heterocycles. The van der Waals surface area contributed by atoms with Crippen molar-refractivity contribution in [3.05, 3.63) is 70.8 Å². The highest BCUT2D eigenvalue weighted by Crippen LogP contribution is 2.17. The third-order valence-electron chi connectivity index (χ3n) is 4.37. The van der Waals surface area contributed by atoms with E-state index in [1.807, 2.05) is 50.2 Å². The minimum Gasteiger partial charge on any atom is -0.452 e. The van der Waals surface area contributed by atoms with Crippen LogP contribution in [-0.2, 0) is 9.53 Å². The van der Waals surface area contributed by atoms with E-state index in [0.29, 0.717) is 11.5 Å². The Morgan fingerprint density at radius 2 is 1.54 bits per heavy atom. The van der Waals surface area contributed by atoms with Crippen LogP contribution in [0.3, 0.4) is 0 Å². The van der Waals surface area contributed by atoms with E-state index < -0.39 is 5.97 Å². The van der Waals surface area contributed by atoms with Gasteiger partial charge in [-0.05, 0) is 42.5 Å². The Morgan fingerprint density at radius 1 is 0.962 bits per heavy atom. The van der Waals surface area contributed by atoms with Crippen LogP contribution in [0.15, 0.2) is 48.5 Å². The summed E-state index contributed by atoms with van der Waals surface area (Å²) in [6.07, 6.45) is 0.763. The van der Waals surface area contributed by atoms with Crippen LogP contribution in [0.25, 0.3) is 0 Å². The summed E-state index contributed by atoms with van der Waals surface area (Å²) in [5.74, 6) is -0.387. The Kier molecular flexibility index (Phi) is 6.96. The maximum Gasteiger partial charge on any atom is 0.338 e. The van der Waals surface area contributed by atoms with Crippen LogP contribution >= 0.6 is 0 Å². The lowest BCUT2D eigenvalue weighted by Gasteiger charge is -2.17. The number of rotatable bonds is 7. The molecule has 2 rings (SSSR count). The first kappa shape index (κ1) is 19.7. The van der Waals surface area contributed by atoms with Gasteiger partial charge in [0.1, 0.15) is 0 Å². The number of amides is 1. The van der Waals surface area contributed by atoms with E-state index in [2.05, 4.69) is 19.2 Å². The Balaban J connectivity index is 1.88. The third kappa shape index (κ3) is 5.45. The highest BCUT2D eigenvalue weighted by molar-refractivity contribution is 5.91. The van der Waals surface area contributed by atoms with E-state index in [1.54, 1.807) is 12.1 Å². The van der Waals surface area contributed by atoms with Crippen LogP contribution in [0.5, 0.6) is 0 Å². The zero-order valence-electron chi connectivity index (χ0n) is 15.9. The van der Waals surface area contributed by atoms with Gasteiger partial charge in [0.2, 0.25) is 0 Å². The molecule has 0 saturated heterocycles. The van der Waals surface area contributed by atoms with Crippen LogP contribution in [0.1, 0.15) is 66.2 Å². The molecule has 1 atom stereocenters. The second-order valence-electron chi connectivity index (χ2n) is 6.79. The first-order valence-electron chi connectivity index (χ1n) is 9.03. The van der Waals surface area contributed by atoms with Crippen LogP contribution in [0.4, 0.5) is 0 Å². The van der Waals surface area contributed by atoms with Gasteiger partial charge >= 0.3 is 5.97 Å². The fourth-order valence-corrected chi connectivity index (χ4v) is 2.67. The SMILES string of the molecule is CC[C@@H](NC(=O)COC(=O)c1ccc(C(C)C)cc1)c1ccc(C)cc1. The van der Waals surface area contributed by atoms with Crippen LogP contribution in [-0.4, -0.2) is 18.5 Å². The molecule has 26 heavy (non-hydrogen) atoms. The first-order chi connectivity index (χ1) is 12.4. The van der Waals surface area contributed by atoms with Gasteiger partial charge in [-0.15, -0.1) is 0 Å². The Hall–Kier alpha value is -2.62. The zero-order chi connectivity index (χ0) is 19.1. The molecule has 0 aliphatic heterocycles. The Bertz CT molecular complexity index is 733. The van der Waals surface area contributed by atoms with Crippen LogP contribution < -0.4 is 5.32 Å². The molecule has 0 fully saturated rings. The van der Waals surface area contributed by atoms with Crippen molar-refractivity contribution in [1.29, 1.82) is 0 Å². The molecule has 4 nitrogen and oxygen atoms in total. The first-order valence-corrected chi connectivity index (χ1v) is 9.03. The van der Waals surface area contributed by atoms with Crippen molar-refractivity contribution in [3.63, 3.8) is 0 Å². The fourth-order valence-electron chi connectivity index (χ4n) is 2.67. The van der Waals surface area contributed by atoms with Crippen LogP contribution in [0, 0.1) is 6.92 Å². The molecule has 0 radical (unpaired) electrons. The fraction of sp³-hybridized carbons (Fsp3) is 0.364. The van der Waals surface area contributed by atoms with Crippen molar-refractivity contribution in [3.8, 4) is 0 Å². The lowest BCUT2D eigenvalue weighted by Crippen LogP contribution is -2.32. The second-order valence-corrected chi connectivity index (χ2v) is 6.79. The number of benzene rings is 2. The van der Waals surface area contributed by atoms with Gasteiger partial charge in [-0.3, -0.25) is 4.79 Å². The van der Waals surface area contributed by atoms with Crippen molar-refractivity contribution in [1.82, 2.24) is 5.32 Å². The van der Waals surface area contributed by atoms with Gasteiger partial charge < -0.3 is 10.1 Å². The number of nitrogens with one attached hydrogen (secondary N) is 1. The number of hydrogen-bond acceptors (Lipinski definition) is 3. The summed E-state index contributed by atoms with van der Waals surface area (Å²) in [6, 6.07) is 15.2. The average Bonchev–Trinajstić information content (AvgIpc) is 2.65. The molecule has 2 aromatic rings. The molecule has 0 saturated carbocycles. The topological polar surface area (TPSA) is 55.4 Å². The average molecular weight is 353 g/mol. The summed E-state index contributed by atoms with van der Waals surface area (Å²) in [4.78, 5) is 24.2. The molecule has 2 aromatic carbocycles. The maximum absolute atomic E-state index is 12.1. The highest BCUT2D eigenvalue weighted by Gasteiger charge is 2.15. The number of aryl methyl sites for hydroxylation is 1. The number of carbonyl (C=O) groups is 2. The molecule has 0 aliphatic carbocycles. The Morgan fingerprint density at radius 3 is 2.08 bits per heavy atom. The smallest absolute Gasteiger partial charge is 0.338 e. The van der Waals surface area contributed by atoms with Gasteiger partial charge in [-0.25, -0.2) is 4.79 Å². The lowest BCUT2D eigenvalue weighted by atomic mass is 10.0. The van der Waals surface area contributed by atoms with Crippen molar-refractivity contribution in [2.75, 3.05) is 6.61 Å². The summed E-state index contributed by atoms with van der Waals surface area (Å²) in [7, 11) is 0.